The van der Waals surface area contributed by atoms with E-state index in [0.717, 1.165) is 30.6 Å². The SMILES string of the molecule is CC(C)CCC[C@@H](C)[C@H]1CC[C@H]2[C@@H]3CC(=O)[C@@]4(O)C[C@@H](OC(=O)c5ccccc5)CC[C@]4(C)[C@H]3CC[C@]12C. The molecule has 0 saturated heterocycles. The van der Waals surface area contributed by atoms with Crippen LogP contribution in [-0.2, 0) is 9.53 Å². The third-order valence-electron chi connectivity index (χ3n) is 12.1. The second-order valence-electron chi connectivity index (χ2n) is 14.4. The molecule has 0 radical (unpaired) electrons. The summed E-state index contributed by atoms with van der Waals surface area (Å²) in [5.41, 5.74) is -1.01. The number of ether oxygens (including phenoxy) is 1. The first kappa shape index (κ1) is 27.9. The highest BCUT2D eigenvalue weighted by Gasteiger charge is 2.68. The number of benzene rings is 1. The van der Waals surface area contributed by atoms with Gasteiger partial charge in [0.15, 0.2) is 5.78 Å². The van der Waals surface area contributed by atoms with Crippen molar-refractivity contribution in [2.24, 2.45) is 46.3 Å². The molecule has 0 heterocycles. The minimum atomic E-state index is -1.40. The van der Waals surface area contributed by atoms with Crippen molar-refractivity contribution in [1.29, 1.82) is 0 Å². The Bertz CT molecular complexity index is 1020. The van der Waals surface area contributed by atoms with Crippen LogP contribution in [0.25, 0.3) is 0 Å². The van der Waals surface area contributed by atoms with Gasteiger partial charge < -0.3 is 9.84 Å². The molecule has 1 N–H and O–H groups in total. The Hall–Kier alpha value is -1.68. The third-order valence-corrected chi connectivity index (χ3v) is 12.1. The first-order valence-electron chi connectivity index (χ1n) is 15.5. The number of ketones is 1. The second-order valence-corrected chi connectivity index (χ2v) is 14.4. The van der Waals surface area contributed by atoms with Gasteiger partial charge in [-0.05, 0) is 91.6 Å². The largest absolute Gasteiger partial charge is 0.459 e. The summed E-state index contributed by atoms with van der Waals surface area (Å²) in [5.74, 6) is 3.22. The van der Waals surface area contributed by atoms with E-state index in [1.54, 1.807) is 12.1 Å². The third kappa shape index (κ3) is 4.57. The van der Waals surface area contributed by atoms with Crippen molar-refractivity contribution in [3.8, 4) is 0 Å². The number of Topliss-reactive ketones (excluding diaryl/α,β-unsaturated/α-hetero) is 1. The molecule has 4 saturated carbocycles. The number of carbonyl (C=O) groups excluding carboxylic acids is 2. The van der Waals surface area contributed by atoms with Crippen LogP contribution in [0, 0.1) is 46.3 Å². The highest BCUT2D eigenvalue weighted by molar-refractivity contribution is 5.91. The summed E-state index contributed by atoms with van der Waals surface area (Å²) >= 11 is 0. The van der Waals surface area contributed by atoms with Crippen molar-refractivity contribution in [2.45, 2.75) is 117 Å². The standard InChI is InChI=1S/C34H50O4/c1-22(2)10-9-11-23(3)27-14-15-28-26-20-30(35)34(37)21-25(38-31(36)24-12-7-6-8-13-24)16-19-33(34,5)29(26)17-18-32(27,28)4/h6-8,12-13,22-23,25-29,37H,9-11,14-21H2,1-5H3/t23-,25+,26+,27-,28+,29+,32-,33-,34+/m1/s1. The van der Waals surface area contributed by atoms with E-state index in [2.05, 4.69) is 34.6 Å². The second kappa shape index (κ2) is 10.4. The fraction of sp³-hybridized carbons (Fsp3) is 0.765. The Kier molecular flexibility index (Phi) is 7.61. The van der Waals surface area contributed by atoms with Gasteiger partial charge in [0.2, 0.25) is 0 Å². The molecule has 0 unspecified atom stereocenters. The number of carbonyl (C=O) groups is 2. The minimum absolute atomic E-state index is 0.000563. The van der Waals surface area contributed by atoms with Gasteiger partial charge in [-0.2, -0.15) is 0 Å². The lowest BCUT2D eigenvalue weighted by Gasteiger charge is -2.63. The average Bonchev–Trinajstić information content (AvgIpc) is 3.23. The highest BCUT2D eigenvalue weighted by Crippen LogP contribution is 2.68. The molecule has 0 aliphatic heterocycles. The van der Waals surface area contributed by atoms with E-state index in [0.29, 0.717) is 41.6 Å². The van der Waals surface area contributed by atoms with Crippen LogP contribution < -0.4 is 0 Å². The smallest absolute Gasteiger partial charge is 0.338 e. The van der Waals surface area contributed by atoms with Gasteiger partial charge in [-0.25, -0.2) is 4.79 Å². The Morgan fingerprint density at radius 2 is 1.74 bits per heavy atom. The van der Waals surface area contributed by atoms with Gasteiger partial charge in [0.1, 0.15) is 11.7 Å². The molecule has 4 heteroatoms. The molecule has 0 amide bonds. The van der Waals surface area contributed by atoms with Crippen LogP contribution in [-0.4, -0.2) is 28.6 Å². The van der Waals surface area contributed by atoms with E-state index in [-0.39, 0.29) is 18.2 Å². The van der Waals surface area contributed by atoms with Gasteiger partial charge in [0, 0.05) is 18.3 Å². The number of rotatable bonds is 7. The summed E-state index contributed by atoms with van der Waals surface area (Å²) in [7, 11) is 0. The monoisotopic (exact) mass is 522 g/mol. The topological polar surface area (TPSA) is 63.6 Å². The maximum absolute atomic E-state index is 13.8. The summed E-state index contributed by atoms with van der Waals surface area (Å²) in [6.45, 7) is 11.8. The quantitative estimate of drug-likeness (QED) is 0.374. The van der Waals surface area contributed by atoms with Crippen LogP contribution in [0.5, 0.6) is 0 Å². The molecule has 5 rings (SSSR count). The van der Waals surface area contributed by atoms with Crippen molar-refractivity contribution in [3.63, 3.8) is 0 Å². The summed E-state index contributed by atoms with van der Waals surface area (Å²) < 4.78 is 5.84. The molecule has 9 atom stereocenters. The van der Waals surface area contributed by atoms with Crippen LogP contribution >= 0.6 is 0 Å². The van der Waals surface area contributed by atoms with Crippen LogP contribution in [0.2, 0.25) is 0 Å². The number of esters is 1. The van der Waals surface area contributed by atoms with E-state index >= 15 is 0 Å². The molecule has 1 aromatic rings. The molecule has 0 spiro atoms. The van der Waals surface area contributed by atoms with Gasteiger partial charge in [-0.15, -0.1) is 0 Å². The van der Waals surface area contributed by atoms with Gasteiger partial charge >= 0.3 is 5.97 Å². The van der Waals surface area contributed by atoms with Crippen LogP contribution in [0.4, 0.5) is 0 Å². The predicted octanol–water partition coefficient (Wildman–Crippen LogP) is 7.63. The van der Waals surface area contributed by atoms with E-state index in [4.69, 9.17) is 4.74 Å². The Labute approximate surface area is 230 Å². The number of aliphatic hydroxyl groups is 1. The van der Waals surface area contributed by atoms with Crippen LogP contribution in [0.15, 0.2) is 30.3 Å². The number of hydrogen-bond acceptors (Lipinski definition) is 4. The van der Waals surface area contributed by atoms with Crippen molar-refractivity contribution in [2.75, 3.05) is 0 Å². The normalized spacial score (nSPS) is 41.2. The van der Waals surface area contributed by atoms with E-state index < -0.39 is 17.1 Å². The fourth-order valence-electron chi connectivity index (χ4n) is 9.92. The minimum Gasteiger partial charge on any atom is -0.459 e. The van der Waals surface area contributed by atoms with Gasteiger partial charge in [0.25, 0.3) is 0 Å². The molecule has 1 aromatic carbocycles. The van der Waals surface area contributed by atoms with E-state index in [9.17, 15) is 14.7 Å². The molecule has 0 aromatic heterocycles. The first-order valence-corrected chi connectivity index (χ1v) is 15.5. The molecule has 4 nitrogen and oxygen atoms in total. The van der Waals surface area contributed by atoms with Crippen molar-refractivity contribution in [1.82, 2.24) is 0 Å². The maximum Gasteiger partial charge on any atom is 0.338 e. The Balaban J connectivity index is 1.30. The molecule has 0 bridgehead atoms. The van der Waals surface area contributed by atoms with E-state index in [1.165, 1.54) is 38.5 Å². The zero-order valence-corrected chi connectivity index (χ0v) is 24.4. The summed E-state index contributed by atoms with van der Waals surface area (Å²) in [5, 5.41) is 12.1. The zero-order valence-electron chi connectivity index (χ0n) is 24.4. The molecule has 210 valence electrons. The Morgan fingerprint density at radius 1 is 1.00 bits per heavy atom. The summed E-state index contributed by atoms with van der Waals surface area (Å²) in [4.78, 5) is 26.6. The molecule has 38 heavy (non-hydrogen) atoms. The lowest BCUT2D eigenvalue weighted by atomic mass is 9.42. The lowest BCUT2D eigenvalue weighted by Crippen LogP contribution is -2.67. The van der Waals surface area contributed by atoms with Gasteiger partial charge in [-0.3, -0.25) is 4.79 Å². The molecule has 4 aliphatic rings. The van der Waals surface area contributed by atoms with Crippen LogP contribution in [0.1, 0.15) is 116 Å². The first-order chi connectivity index (χ1) is 18.0. The van der Waals surface area contributed by atoms with Gasteiger partial charge in [-0.1, -0.05) is 72.1 Å². The average molecular weight is 523 g/mol. The number of fused-ring (bicyclic) bond motifs is 5. The molecular weight excluding hydrogens is 472 g/mol. The molecule has 4 fully saturated rings. The van der Waals surface area contributed by atoms with Crippen molar-refractivity contribution < 1.29 is 19.4 Å². The van der Waals surface area contributed by atoms with Crippen molar-refractivity contribution >= 4 is 11.8 Å². The predicted molar refractivity (Wildman–Crippen MR) is 151 cm³/mol. The van der Waals surface area contributed by atoms with Crippen LogP contribution in [0.3, 0.4) is 0 Å². The molecule has 4 aliphatic carbocycles. The highest BCUT2D eigenvalue weighted by atomic mass is 16.5. The van der Waals surface area contributed by atoms with E-state index in [1.807, 2.05) is 18.2 Å². The van der Waals surface area contributed by atoms with Gasteiger partial charge in [0.05, 0.1) is 5.56 Å². The Morgan fingerprint density at radius 3 is 2.45 bits per heavy atom. The maximum atomic E-state index is 13.8. The van der Waals surface area contributed by atoms with Crippen molar-refractivity contribution in [3.05, 3.63) is 35.9 Å². The fourth-order valence-corrected chi connectivity index (χ4v) is 9.92. The molecular formula is C34H50O4. The lowest BCUT2D eigenvalue weighted by molar-refractivity contribution is -0.213. The zero-order chi connectivity index (χ0) is 27.3. The summed E-state index contributed by atoms with van der Waals surface area (Å²) in [6, 6.07) is 9.02. The summed E-state index contributed by atoms with van der Waals surface area (Å²) in [6.07, 6.45) is 10.6. The number of hydrogen-bond donors (Lipinski definition) is 1.